The predicted octanol–water partition coefficient (Wildman–Crippen LogP) is 10.8. The van der Waals surface area contributed by atoms with Crippen LogP contribution in [0.1, 0.15) is 46.4 Å². The quantitative estimate of drug-likeness (QED) is 0.0729. The van der Waals surface area contributed by atoms with Gasteiger partial charge in [0.2, 0.25) is 0 Å². The maximum absolute atomic E-state index is 7.33. The summed E-state index contributed by atoms with van der Waals surface area (Å²) in [6.45, 7) is 3.86. The van der Waals surface area contributed by atoms with Crippen molar-refractivity contribution in [1.29, 1.82) is 0 Å². The Bertz CT molecular complexity index is 1770. The molecule has 6 rings (SSSR count). The van der Waals surface area contributed by atoms with Crippen LogP contribution in [0, 0.1) is 0 Å². The van der Waals surface area contributed by atoms with Gasteiger partial charge in [-0.2, -0.15) is 0 Å². The van der Waals surface area contributed by atoms with Gasteiger partial charge in [-0.1, -0.05) is 172 Å². The van der Waals surface area contributed by atoms with Gasteiger partial charge in [0.15, 0.2) is 0 Å². The van der Waals surface area contributed by atoms with Crippen LogP contribution in [0.3, 0.4) is 0 Å². The van der Waals surface area contributed by atoms with Gasteiger partial charge >= 0.3 is 0 Å². The molecule has 1 aliphatic heterocycles. The third-order valence-electron chi connectivity index (χ3n) is 9.12. The fourth-order valence-corrected chi connectivity index (χ4v) is 9.42. The second-order valence-electron chi connectivity index (χ2n) is 12.7. The minimum absolute atomic E-state index is 0.399. The first-order valence-corrected chi connectivity index (χ1v) is 20.7. The van der Waals surface area contributed by atoms with Crippen molar-refractivity contribution in [1.82, 2.24) is 0 Å². The number of hydrogen-bond donors (Lipinski definition) is 0. The van der Waals surface area contributed by atoms with E-state index < -0.39 is 30.0 Å². The minimum atomic E-state index is -0.663. The molecule has 1 aliphatic rings. The van der Waals surface area contributed by atoms with Crippen molar-refractivity contribution >= 4 is 56.8 Å². The lowest BCUT2D eigenvalue weighted by molar-refractivity contribution is -0.290. The second-order valence-corrected chi connectivity index (χ2v) is 14.6. The lowest BCUT2D eigenvalue weighted by atomic mass is 9.84. The van der Waals surface area contributed by atoms with E-state index in [0.29, 0.717) is 46.7 Å². The van der Waals surface area contributed by atoms with Crippen molar-refractivity contribution < 1.29 is 23.7 Å². The Balaban J connectivity index is 1.39. The van der Waals surface area contributed by atoms with Crippen LogP contribution >= 0.6 is 56.8 Å². The number of ether oxygens (including phenoxy) is 5. The zero-order chi connectivity index (χ0) is 35.5. The highest BCUT2D eigenvalue weighted by Gasteiger charge is 2.56. The molecular formula is C43H43ClI2O5. The molecule has 5 aromatic rings. The van der Waals surface area contributed by atoms with Crippen LogP contribution in [0.5, 0.6) is 5.75 Å². The van der Waals surface area contributed by atoms with E-state index in [9.17, 15) is 0 Å². The van der Waals surface area contributed by atoms with Gasteiger partial charge in [0, 0.05) is 13.9 Å². The van der Waals surface area contributed by atoms with Crippen LogP contribution < -0.4 is 4.74 Å². The summed E-state index contributed by atoms with van der Waals surface area (Å²) in [6.07, 6.45) is -1.14. The fourth-order valence-electron chi connectivity index (χ4n) is 6.44. The highest BCUT2D eigenvalue weighted by Crippen LogP contribution is 2.45. The molecule has 0 unspecified atom stereocenters. The van der Waals surface area contributed by atoms with Crippen LogP contribution in [0.15, 0.2) is 133 Å². The lowest BCUT2D eigenvalue weighted by Crippen LogP contribution is -2.65. The van der Waals surface area contributed by atoms with Gasteiger partial charge in [-0.25, -0.2) is 0 Å². The molecule has 8 heteroatoms. The van der Waals surface area contributed by atoms with E-state index in [0.717, 1.165) is 39.1 Å². The Morgan fingerprint density at radius 3 is 1.69 bits per heavy atom. The van der Waals surface area contributed by atoms with Gasteiger partial charge in [-0.15, -0.1) is 0 Å². The van der Waals surface area contributed by atoms with Crippen molar-refractivity contribution in [3.05, 3.63) is 172 Å². The Labute approximate surface area is 334 Å². The zero-order valence-corrected chi connectivity index (χ0v) is 33.7. The standard InChI is InChI=1S/C43H43ClI2O5/c1-2-47-37-21-18-31(19-22-37)24-36-25-35(20-23-38(36)44)39-40(48-26-32-12-6-3-7-13-32)41(49-27-33-14-8-4-9-15-33)42(43(29-45,30-46)51-39)50-28-34-16-10-5-11-17-34/h3-23,25,39-42H,2,24,26-30H2,1H3/t39-,40-,41+,42-/m0/s1. The molecule has 0 aromatic heterocycles. The lowest BCUT2D eigenvalue weighted by Gasteiger charge is -2.52. The normalized spacial score (nSPS) is 19.8. The van der Waals surface area contributed by atoms with E-state index in [1.165, 1.54) is 0 Å². The first kappa shape index (κ1) is 38.2. The van der Waals surface area contributed by atoms with Crippen molar-refractivity contribution in [3.63, 3.8) is 0 Å². The van der Waals surface area contributed by atoms with Gasteiger partial charge in [-0.05, 0) is 64.9 Å². The number of halogens is 3. The van der Waals surface area contributed by atoms with Gasteiger partial charge in [0.25, 0.3) is 0 Å². The minimum Gasteiger partial charge on any atom is -0.494 e. The van der Waals surface area contributed by atoms with Crippen LogP contribution in [0.4, 0.5) is 0 Å². The van der Waals surface area contributed by atoms with Crippen molar-refractivity contribution in [3.8, 4) is 5.75 Å². The number of benzene rings is 5. The second kappa shape index (κ2) is 19.0. The molecule has 1 heterocycles. The van der Waals surface area contributed by atoms with E-state index in [2.05, 4.69) is 106 Å². The van der Waals surface area contributed by atoms with E-state index in [-0.39, 0.29) is 0 Å². The SMILES string of the molecule is CCOc1ccc(Cc2cc([C@@H]3OC(CI)(CI)[C@@H](OCc4ccccc4)[C@H](OCc4ccccc4)[C@H]3OCc3ccccc3)ccc2Cl)cc1. The molecule has 0 bridgehead atoms. The van der Waals surface area contributed by atoms with Gasteiger partial charge in [0.1, 0.15) is 35.8 Å². The Hall–Kier alpha value is -2.51. The summed E-state index contributed by atoms with van der Waals surface area (Å²) in [7, 11) is 0. The van der Waals surface area contributed by atoms with Crippen LogP contribution in [-0.2, 0) is 45.2 Å². The highest BCUT2D eigenvalue weighted by molar-refractivity contribution is 14.1. The molecule has 1 saturated heterocycles. The maximum Gasteiger partial charge on any atom is 0.119 e. The summed E-state index contributed by atoms with van der Waals surface area (Å²) in [5, 5.41) is 0.709. The summed E-state index contributed by atoms with van der Waals surface area (Å²) in [5.74, 6) is 0.856. The Morgan fingerprint density at radius 2 is 1.16 bits per heavy atom. The van der Waals surface area contributed by atoms with Gasteiger partial charge in [-0.3, -0.25) is 0 Å². The first-order chi connectivity index (χ1) is 25.0. The maximum atomic E-state index is 7.33. The largest absolute Gasteiger partial charge is 0.494 e. The van der Waals surface area contributed by atoms with Gasteiger partial charge < -0.3 is 23.7 Å². The summed E-state index contributed by atoms with van der Waals surface area (Å²) in [6, 6.07) is 45.2. The molecule has 4 atom stereocenters. The molecule has 5 aromatic carbocycles. The molecule has 0 saturated carbocycles. The monoisotopic (exact) mass is 928 g/mol. The molecule has 5 nitrogen and oxygen atoms in total. The molecule has 0 amide bonds. The Kier molecular flexibility index (Phi) is 14.2. The summed E-state index contributed by atoms with van der Waals surface area (Å²) < 4.78 is 35.2. The summed E-state index contributed by atoms with van der Waals surface area (Å²) in [4.78, 5) is 0. The summed E-state index contributed by atoms with van der Waals surface area (Å²) in [5.41, 5.74) is 5.75. The average molecular weight is 929 g/mol. The zero-order valence-electron chi connectivity index (χ0n) is 28.6. The number of hydrogen-bond acceptors (Lipinski definition) is 5. The molecule has 0 radical (unpaired) electrons. The van der Waals surface area contributed by atoms with Crippen molar-refractivity contribution in [2.24, 2.45) is 0 Å². The molecule has 51 heavy (non-hydrogen) atoms. The average Bonchev–Trinajstić information content (AvgIpc) is 3.18. The smallest absolute Gasteiger partial charge is 0.119 e. The van der Waals surface area contributed by atoms with Crippen LogP contribution in [-0.4, -0.2) is 39.4 Å². The highest BCUT2D eigenvalue weighted by atomic mass is 127. The van der Waals surface area contributed by atoms with E-state index in [1.807, 2.05) is 79.7 Å². The van der Waals surface area contributed by atoms with E-state index >= 15 is 0 Å². The number of alkyl halides is 2. The van der Waals surface area contributed by atoms with Crippen LogP contribution in [0.25, 0.3) is 0 Å². The molecule has 0 spiro atoms. The first-order valence-electron chi connectivity index (χ1n) is 17.3. The molecule has 266 valence electrons. The van der Waals surface area contributed by atoms with Crippen molar-refractivity contribution in [2.45, 2.75) is 63.2 Å². The Morgan fingerprint density at radius 1 is 0.627 bits per heavy atom. The molecule has 0 aliphatic carbocycles. The molecular weight excluding hydrogens is 886 g/mol. The van der Waals surface area contributed by atoms with E-state index in [4.69, 9.17) is 35.3 Å². The van der Waals surface area contributed by atoms with Crippen molar-refractivity contribution in [2.75, 3.05) is 15.5 Å². The molecule has 0 N–H and O–H groups in total. The fraction of sp³-hybridized carbons (Fsp3) is 0.302. The third kappa shape index (κ3) is 9.93. The number of rotatable bonds is 16. The summed E-state index contributed by atoms with van der Waals surface area (Å²) >= 11 is 11.8. The van der Waals surface area contributed by atoms with Crippen LogP contribution in [0.2, 0.25) is 5.02 Å². The van der Waals surface area contributed by atoms with Gasteiger partial charge in [0.05, 0.1) is 26.4 Å². The molecule has 1 fully saturated rings. The predicted molar refractivity (Wildman–Crippen MR) is 221 cm³/mol. The topological polar surface area (TPSA) is 46.2 Å². The third-order valence-corrected chi connectivity index (χ3v) is 12.1. The van der Waals surface area contributed by atoms with E-state index in [1.54, 1.807) is 0 Å².